The van der Waals surface area contributed by atoms with Gasteiger partial charge in [-0.2, -0.15) is 5.10 Å². The zero-order valence-electron chi connectivity index (χ0n) is 8.18. The molecule has 0 amide bonds. The van der Waals surface area contributed by atoms with Crippen molar-refractivity contribution in [1.82, 2.24) is 9.78 Å². The van der Waals surface area contributed by atoms with E-state index in [-0.39, 0.29) is 0 Å². The molecule has 1 aliphatic rings. The van der Waals surface area contributed by atoms with E-state index in [4.69, 9.17) is 4.74 Å². The standard InChI is InChI=1S/C10H14N2O2/c1-12-9(4-5-11-12)10(13)8-3-2-6-14-7-8/h4-5,7,10,13H,2-3,6H2,1H3. The Labute approximate surface area is 82.8 Å². The minimum Gasteiger partial charge on any atom is -0.501 e. The van der Waals surface area contributed by atoms with Gasteiger partial charge in [0.15, 0.2) is 0 Å². The molecule has 2 heterocycles. The molecule has 2 rings (SSSR count). The predicted octanol–water partition coefficient (Wildman–Crippen LogP) is 1.15. The fourth-order valence-corrected chi connectivity index (χ4v) is 1.63. The molecule has 76 valence electrons. The third kappa shape index (κ3) is 1.65. The quantitative estimate of drug-likeness (QED) is 0.768. The van der Waals surface area contributed by atoms with E-state index in [1.54, 1.807) is 17.1 Å². The van der Waals surface area contributed by atoms with Crippen LogP contribution in [-0.4, -0.2) is 21.5 Å². The lowest BCUT2D eigenvalue weighted by atomic mass is 10.0. The minimum absolute atomic E-state index is 0.581. The van der Waals surface area contributed by atoms with Crippen LogP contribution < -0.4 is 0 Å². The second-order valence-electron chi connectivity index (χ2n) is 3.45. The molecule has 1 atom stereocenters. The first-order valence-electron chi connectivity index (χ1n) is 4.75. The van der Waals surface area contributed by atoms with Gasteiger partial charge in [-0.3, -0.25) is 4.68 Å². The van der Waals surface area contributed by atoms with E-state index in [0.29, 0.717) is 0 Å². The summed E-state index contributed by atoms with van der Waals surface area (Å²) in [6.45, 7) is 0.752. The average Bonchev–Trinajstić information content (AvgIpc) is 2.65. The van der Waals surface area contributed by atoms with Crippen molar-refractivity contribution in [2.24, 2.45) is 7.05 Å². The van der Waals surface area contributed by atoms with Gasteiger partial charge in [-0.05, 0) is 24.5 Å². The number of hydrogen-bond donors (Lipinski definition) is 1. The molecule has 0 fully saturated rings. The van der Waals surface area contributed by atoms with E-state index in [2.05, 4.69) is 5.10 Å². The van der Waals surface area contributed by atoms with Crippen LogP contribution in [0.15, 0.2) is 24.1 Å². The fraction of sp³-hybridized carbons (Fsp3) is 0.500. The zero-order chi connectivity index (χ0) is 9.97. The number of rotatable bonds is 2. The van der Waals surface area contributed by atoms with Gasteiger partial charge in [0.1, 0.15) is 6.10 Å². The number of hydrogen-bond acceptors (Lipinski definition) is 3. The molecule has 1 aliphatic heterocycles. The Morgan fingerprint density at radius 1 is 1.64 bits per heavy atom. The summed E-state index contributed by atoms with van der Waals surface area (Å²) in [6, 6.07) is 1.82. The first kappa shape index (κ1) is 9.27. The van der Waals surface area contributed by atoms with Crippen molar-refractivity contribution in [2.45, 2.75) is 18.9 Å². The molecule has 1 N–H and O–H groups in total. The smallest absolute Gasteiger partial charge is 0.120 e. The molecule has 1 aromatic rings. The minimum atomic E-state index is -0.581. The van der Waals surface area contributed by atoms with Gasteiger partial charge in [-0.25, -0.2) is 0 Å². The third-order valence-electron chi connectivity index (χ3n) is 2.45. The van der Waals surface area contributed by atoms with Crippen LogP contribution in [0.2, 0.25) is 0 Å². The number of aryl methyl sites for hydroxylation is 1. The number of ether oxygens (including phenoxy) is 1. The number of aliphatic hydroxyl groups is 1. The van der Waals surface area contributed by atoms with E-state index >= 15 is 0 Å². The molecule has 1 unspecified atom stereocenters. The number of nitrogens with zero attached hydrogens (tertiary/aromatic N) is 2. The van der Waals surface area contributed by atoms with Crippen LogP contribution in [0.25, 0.3) is 0 Å². The number of aromatic nitrogens is 2. The highest BCUT2D eigenvalue weighted by Crippen LogP contribution is 2.26. The Kier molecular flexibility index (Phi) is 2.54. The summed E-state index contributed by atoms with van der Waals surface area (Å²) in [7, 11) is 1.82. The molecule has 0 radical (unpaired) electrons. The average molecular weight is 194 g/mol. The summed E-state index contributed by atoms with van der Waals surface area (Å²) in [6.07, 6.45) is 4.64. The van der Waals surface area contributed by atoms with Gasteiger partial charge in [0.05, 0.1) is 18.6 Å². The lowest BCUT2D eigenvalue weighted by Gasteiger charge is -2.18. The molecule has 4 heteroatoms. The van der Waals surface area contributed by atoms with Gasteiger partial charge < -0.3 is 9.84 Å². The lowest BCUT2D eigenvalue weighted by Crippen LogP contribution is -2.11. The predicted molar refractivity (Wildman–Crippen MR) is 51.4 cm³/mol. The van der Waals surface area contributed by atoms with Crippen LogP contribution in [0, 0.1) is 0 Å². The van der Waals surface area contributed by atoms with Gasteiger partial charge in [-0.15, -0.1) is 0 Å². The van der Waals surface area contributed by atoms with Crippen molar-refractivity contribution in [3.63, 3.8) is 0 Å². The zero-order valence-corrected chi connectivity index (χ0v) is 8.18. The molecule has 4 nitrogen and oxygen atoms in total. The highest BCUT2D eigenvalue weighted by molar-refractivity contribution is 5.18. The van der Waals surface area contributed by atoms with E-state index in [9.17, 15) is 5.11 Å². The first-order valence-corrected chi connectivity index (χ1v) is 4.75. The first-order chi connectivity index (χ1) is 6.79. The van der Waals surface area contributed by atoms with Crippen molar-refractivity contribution in [3.8, 4) is 0 Å². The van der Waals surface area contributed by atoms with Crippen molar-refractivity contribution in [2.75, 3.05) is 6.61 Å². The molecule has 0 aliphatic carbocycles. The Hall–Kier alpha value is -1.29. The monoisotopic (exact) mass is 194 g/mol. The number of aliphatic hydroxyl groups excluding tert-OH is 1. The Morgan fingerprint density at radius 3 is 3.07 bits per heavy atom. The summed E-state index contributed by atoms with van der Waals surface area (Å²) in [5, 5.41) is 14.0. The fourth-order valence-electron chi connectivity index (χ4n) is 1.63. The molecule has 0 bridgehead atoms. The summed E-state index contributed by atoms with van der Waals surface area (Å²) in [4.78, 5) is 0. The third-order valence-corrected chi connectivity index (χ3v) is 2.45. The van der Waals surface area contributed by atoms with Gasteiger partial charge >= 0.3 is 0 Å². The molecule has 0 saturated heterocycles. The van der Waals surface area contributed by atoms with Crippen LogP contribution >= 0.6 is 0 Å². The van der Waals surface area contributed by atoms with E-state index in [1.165, 1.54) is 0 Å². The van der Waals surface area contributed by atoms with Gasteiger partial charge in [-0.1, -0.05) is 0 Å². The Bertz CT molecular complexity index is 344. The maximum atomic E-state index is 10.0. The Balaban J connectivity index is 2.19. The normalized spacial score (nSPS) is 18.6. The molecule has 0 saturated carbocycles. The maximum Gasteiger partial charge on any atom is 0.120 e. The van der Waals surface area contributed by atoms with Crippen LogP contribution in [0.3, 0.4) is 0 Å². The lowest BCUT2D eigenvalue weighted by molar-refractivity contribution is 0.164. The second-order valence-corrected chi connectivity index (χ2v) is 3.45. The summed E-state index contributed by atoms with van der Waals surface area (Å²) in [5.41, 5.74) is 1.74. The summed E-state index contributed by atoms with van der Waals surface area (Å²) in [5.74, 6) is 0. The molecular weight excluding hydrogens is 180 g/mol. The van der Waals surface area contributed by atoms with Crippen molar-refractivity contribution in [1.29, 1.82) is 0 Å². The maximum absolute atomic E-state index is 10.0. The summed E-state index contributed by atoms with van der Waals surface area (Å²) < 4.78 is 6.87. The second kappa shape index (κ2) is 3.84. The molecular formula is C10H14N2O2. The van der Waals surface area contributed by atoms with Crippen molar-refractivity contribution in [3.05, 3.63) is 29.8 Å². The molecule has 0 spiro atoms. The van der Waals surface area contributed by atoms with Crippen molar-refractivity contribution < 1.29 is 9.84 Å². The van der Waals surface area contributed by atoms with Gasteiger partial charge in [0.2, 0.25) is 0 Å². The highest BCUT2D eigenvalue weighted by Gasteiger charge is 2.18. The summed E-state index contributed by atoms with van der Waals surface area (Å²) >= 11 is 0. The highest BCUT2D eigenvalue weighted by atomic mass is 16.5. The Morgan fingerprint density at radius 2 is 2.50 bits per heavy atom. The van der Waals surface area contributed by atoms with E-state index < -0.39 is 6.10 Å². The van der Waals surface area contributed by atoms with Crippen LogP contribution in [0.1, 0.15) is 24.6 Å². The van der Waals surface area contributed by atoms with Gasteiger partial charge in [0.25, 0.3) is 0 Å². The molecule has 1 aromatic heterocycles. The van der Waals surface area contributed by atoms with E-state index in [1.807, 2.05) is 13.1 Å². The SMILES string of the molecule is Cn1nccc1C(O)C1=COCCC1. The molecule has 0 aromatic carbocycles. The molecule has 14 heavy (non-hydrogen) atoms. The van der Waals surface area contributed by atoms with E-state index in [0.717, 1.165) is 30.7 Å². The van der Waals surface area contributed by atoms with Gasteiger partial charge in [0, 0.05) is 13.2 Å². The largest absolute Gasteiger partial charge is 0.501 e. The van der Waals surface area contributed by atoms with Crippen LogP contribution in [-0.2, 0) is 11.8 Å². The van der Waals surface area contributed by atoms with Crippen LogP contribution in [0.5, 0.6) is 0 Å². The van der Waals surface area contributed by atoms with Crippen LogP contribution in [0.4, 0.5) is 0 Å². The topological polar surface area (TPSA) is 47.3 Å². The van der Waals surface area contributed by atoms with Crippen molar-refractivity contribution >= 4 is 0 Å².